The fraction of sp³-hybridized carbons (Fsp3) is 0.600. The van der Waals surface area contributed by atoms with E-state index in [1.165, 1.54) is 42.4 Å². The summed E-state index contributed by atoms with van der Waals surface area (Å²) in [5.74, 6) is 2.93. The number of rotatable bonds is 2. The molecule has 0 radical (unpaired) electrons. The summed E-state index contributed by atoms with van der Waals surface area (Å²) in [5, 5.41) is 11.8. The highest BCUT2D eigenvalue weighted by Gasteiger charge is 2.66. The van der Waals surface area contributed by atoms with E-state index < -0.39 is 0 Å². The van der Waals surface area contributed by atoms with Gasteiger partial charge in [0.25, 0.3) is 0 Å². The summed E-state index contributed by atoms with van der Waals surface area (Å²) in [6.45, 7) is 16.2. The number of benzene rings is 2. The molecule has 0 saturated heterocycles. The lowest BCUT2D eigenvalue weighted by atomic mass is 9.69. The molecule has 0 spiro atoms. The molecule has 0 aromatic heterocycles. The summed E-state index contributed by atoms with van der Waals surface area (Å²) in [6.07, 6.45) is 6.13. The summed E-state index contributed by atoms with van der Waals surface area (Å²) in [7, 11) is 0. The Hall–Kier alpha value is -1.96. The molecule has 3 saturated carbocycles. The minimum Gasteiger partial charge on any atom is -0.507 e. The van der Waals surface area contributed by atoms with Crippen LogP contribution in [0.25, 0.3) is 11.1 Å². The summed E-state index contributed by atoms with van der Waals surface area (Å²) < 4.78 is 6.66. The van der Waals surface area contributed by atoms with Crippen molar-refractivity contribution in [3.63, 3.8) is 0 Å². The van der Waals surface area contributed by atoms with E-state index in [1.54, 1.807) is 0 Å². The Kier molecular flexibility index (Phi) is 3.82. The van der Waals surface area contributed by atoms with Gasteiger partial charge in [-0.05, 0) is 98.9 Å². The van der Waals surface area contributed by atoms with E-state index in [2.05, 4.69) is 72.7 Å². The second-order valence-corrected chi connectivity index (χ2v) is 12.5. The molecule has 1 aliphatic heterocycles. The Morgan fingerprint density at radius 1 is 0.906 bits per heavy atom. The van der Waals surface area contributed by atoms with Crippen LogP contribution in [-0.2, 0) is 10.8 Å². The van der Waals surface area contributed by atoms with Crippen LogP contribution in [-0.4, -0.2) is 10.7 Å². The second-order valence-electron chi connectivity index (χ2n) is 12.5. The summed E-state index contributed by atoms with van der Waals surface area (Å²) in [5.41, 5.74) is 7.30. The van der Waals surface area contributed by atoms with Gasteiger partial charge < -0.3 is 9.84 Å². The molecule has 3 fully saturated rings. The summed E-state index contributed by atoms with van der Waals surface area (Å²) >= 11 is 0. The van der Waals surface area contributed by atoms with Crippen LogP contribution in [0.4, 0.5) is 0 Å². The van der Waals surface area contributed by atoms with E-state index in [0.29, 0.717) is 17.1 Å². The van der Waals surface area contributed by atoms with Gasteiger partial charge in [-0.1, -0.05) is 39.8 Å². The average Bonchev–Trinajstić information content (AvgIpc) is 3.19. The Morgan fingerprint density at radius 3 is 2.28 bits per heavy atom. The maximum absolute atomic E-state index is 11.8. The molecular weight excluding hydrogens is 392 g/mol. The van der Waals surface area contributed by atoms with Crippen molar-refractivity contribution in [2.45, 2.75) is 97.0 Å². The van der Waals surface area contributed by atoms with Gasteiger partial charge in [0.05, 0.1) is 0 Å². The van der Waals surface area contributed by atoms with E-state index in [9.17, 15) is 5.11 Å². The molecule has 170 valence electrons. The first kappa shape index (κ1) is 20.6. The van der Waals surface area contributed by atoms with E-state index >= 15 is 0 Å². The normalized spacial score (nSPS) is 41.2. The second kappa shape index (κ2) is 5.93. The number of hydrogen-bond donors (Lipinski definition) is 1. The van der Waals surface area contributed by atoms with Crippen molar-refractivity contribution in [3.8, 4) is 22.6 Å². The van der Waals surface area contributed by atoms with Crippen LogP contribution in [0.2, 0.25) is 0 Å². The average molecular weight is 431 g/mol. The van der Waals surface area contributed by atoms with E-state index in [4.69, 9.17) is 4.74 Å². The molecule has 2 nitrogen and oxygen atoms in total. The molecule has 4 aliphatic rings. The van der Waals surface area contributed by atoms with Crippen molar-refractivity contribution in [2.75, 3.05) is 0 Å². The smallest absolute Gasteiger partial charge is 0.127 e. The van der Waals surface area contributed by atoms with Gasteiger partial charge in [0, 0.05) is 27.5 Å². The first-order valence-corrected chi connectivity index (χ1v) is 12.6. The molecule has 2 aromatic carbocycles. The van der Waals surface area contributed by atoms with Gasteiger partial charge >= 0.3 is 0 Å². The molecule has 3 aliphatic carbocycles. The van der Waals surface area contributed by atoms with Crippen molar-refractivity contribution in [3.05, 3.63) is 46.5 Å². The number of aromatic hydroxyl groups is 1. The third-order valence-electron chi connectivity index (χ3n) is 11.3. The zero-order chi connectivity index (χ0) is 22.8. The fourth-order valence-electron chi connectivity index (χ4n) is 8.10. The maximum atomic E-state index is 11.8. The summed E-state index contributed by atoms with van der Waals surface area (Å²) in [4.78, 5) is 0. The predicted molar refractivity (Wildman–Crippen MR) is 131 cm³/mol. The van der Waals surface area contributed by atoms with Crippen LogP contribution >= 0.6 is 0 Å². The fourth-order valence-corrected chi connectivity index (χ4v) is 8.10. The Balaban J connectivity index is 1.53. The van der Waals surface area contributed by atoms with Crippen LogP contribution in [0.5, 0.6) is 11.5 Å². The molecule has 2 heteroatoms. The number of ether oxygens (including phenoxy) is 1. The molecule has 1 N–H and O–H groups in total. The molecule has 6 atom stereocenters. The third-order valence-corrected chi connectivity index (χ3v) is 11.3. The highest BCUT2D eigenvalue weighted by Crippen LogP contribution is 2.73. The van der Waals surface area contributed by atoms with Crippen molar-refractivity contribution in [2.24, 2.45) is 17.3 Å². The van der Waals surface area contributed by atoms with E-state index in [1.807, 2.05) is 0 Å². The maximum Gasteiger partial charge on any atom is 0.127 e. The van der Waals surface area contributed by atoms with Crippen LogP contribution < -0.4 is 4.74 Å². The standard InChI is InChI=1S/C30H38O2/c1-17-8-9-22(27(4)13-11-20-16-29(20,27)6)26(31)25(17)21-15-23-24(14-18(21)2)32-30(7)19(3)10-12-28(23,30)5/h8-9,14-15,19-20,31H,10-13,16H2,1-7H3/t19-,20+,27-,28-,29-,30-/m0/s1. The van der Waals surface area contributed by atoms with Crippen LogP contribution in [0.1, 0.15) is 89.0 Å². The third kappa shape index (κ3) is 2.18. The monoisotopic (exact) mass is 430 g/mol. The number of phenolic OH excluding ortho intramolecular Hbond substituents is 1. The molecular formula is C30H38O2. The molecule has 6 rings (SSSR count). The molecule has 1 heterocycles. The first-order chi connectivity index (χ1) is 15.0. The SMILES string of the molecule is Cc1cc2c(cc1-c1c(C)ccc([C@]3(C)CC[C@@H]4C[C@@]43C)c1O)[C@]1(C)CC[C@H](C)[C@]1(C)O2. The Bertz CT molecular complexity index is 1160. The van der Waals surface area contributed by atoms with Crippen LogP contribution in [0.15, 0.2) is 24.3 Å². The van der Waals surface area contributed by atoms with Gasteiger partial charge in [-0.3, -0.25) is 0 Å². The van der Waals surface area contributed by atoms with Crippen molar-refractivity contribution in [1.29, 1.82) is 0 Å². The van der Waals surface area contributed by atoms with Crippen molar-refractivity contribution >= 4 is 0 Å². The van der Waals surface area contributed by atoms with E-state index in [0.717, 1.165) is 34.8 Å². The van der Waals surface area contributed by atoms with Gasteiger partial charge in [0.1, 0.15) is 17.1 Å². The van der Waals surface area contributed by atoms with Gasteiger partial charge in [0.2, 0.25) is 0 Å². The largest absolute Gasteiger partial charge is 0.507 e. The number of fused-ring (bicyclic) bond motifs is 4. The lowest BCUT2D eigenvalue weighted by Crippen LogP contribution is -2.46. The summed E-state index contributed by atoms with van der Waals surface area (Å²) in [6, 6.07) is 9.04. The zero-order valence-electron chi connectivity index (χ0n) is 20.9. The van der Waals surface area contributed by atoms with Gasteiger partial charge in [-0.15, -0.1) is 0 Å². The Morgan fingerprint density at radius 2 is 1.62 bits per heavy atom. The number of aryl methyl sites for hydroxylation is 2. The first-order valence-electron chi connectivity index (χ1n) is 12.6. The van der Waals surface area contributed by atoms with Gasteiger partial charge in [-0.2, -0.15) is 0 Å². The van der Waals surface area contributed by atoms with Crippen LogP contribution in [0.3, 0.4) is 0 Å². The number of phenols is 1. The molecule has 0 amide bonds. The minimum atomic E-state index is -0.147. The molecule has 0 bridgehead atoms. The zero-order valence-corrected chi connectivity index (χ0v) is 20.9. The lowest BCUT2D eigenvalue weighted by molar-refractivity contribution is 0.0306. The van der Waals surface area contributed by atoms with Gasteiger partial charge in [-0.25, -0.2) is 0 Å². The highest BCUT2D eigenvalue weighted by atomic mass is 16.5. The van der Waals surface area contributed by atoms with E-state index in [-0.39, 0.29) is 16.4 Å². The minimum absolute atomic E-state index is 0.0253. The Labute approximate surface area is 193 Å². The lowest BCUT2D eigenvalue weighted by Gasteiger charge is -2.36. The highest BCUT2D eigenvalue weighted by molar-refractivity contribution is 5.80. The topological polar surface area (TPSA) is 29.5 Å². The number of hydrogen-bond acceptors (Lipinski definition) is 2. The van der Waals surface area contributed by atoms with Crippen molar-refractivity contribution in [1.82, 2.24) is 0 Å². The van der Waals surface area contributed by atoms with Crippen LogP contribution in [0, 0.1) is 31.1 Å². The molecule has 32 heavy (non-hydrogen) atoms. The molecule has 0 unspecified atom stereocenters. The predicted octanol–water partition coefficient (Wildman–Crippen LogP) is 7.59. The molecule has 2 aromatic rings. The van der Waals surface area contributed by atoms with Crippen molar-refractivity contribution < 1.29 is 9.84 Å². The van der Waals surface area contributed by atoms with Gasteiger partial charge in [0.15, 0.2) is 0 Å². The quantitative estimate of drug-likeness (QED) is 0.532.